The Hall–Kier alpha value is -1.96. The normalized spacial score (nSPS) is 14.3. The van der Waals surface area contributed by atoms with Crippen LogP contribution in [0.1, 0.15) is 11.1 Å². The van der Waals surface area contributed by atoms with Crippen LogP contribution in [0.15, 0.2) is 47.4 Å². The molecule has 0 unspecified atom stereocenters. The van der Waals surface area contributed by atoms with Crippen molar-refractivity contribution in [1.29, 1.82) is 0 Å². The second-order valence-electron chi connectivity index (χ2n) is 5.62. The molecule has 130 valence electrons. The molecule has 2 N–H and O–H groups in total. The van der Waals surface area contributed by atoms with E-state index in [-0.39, 0.29) is 16.8 Å². The van der Waals surface area contributed by atoms with Gasteiger partial charge in [-0.1, -0.05) is 23.8 Å². The molecule has 1 fully saturated rings. The monoisotopic (exact) mass is 353 g/mol. The first-order valence-corrected chi connectivity index (χ1v) is 8.87. The maximum Gasteiger partial charge on any atom is 0.294 e. The van der Waals surface area contributed by atoms with Gasteiger partial charge in [0.15, 0.2) is 11.6 Å². The lowest BCUT2D eigenvalue weighted by molar-refractivity contribution is 0.136. The number of hydrogen-bond acceptors (Lipinski definition) is 4. The summed E-state index contributed by atoms with van der Waals surface area (Å²) in [5.74, 6) is 0.0870. The second kappa shape index (κ2) is 7.74. The molecule has 0 bridgehead atoms. The SMILES string of the molecule is Cc1ccc(OC2CNC2)c(F)c1.Cc1ccc(S(=O)(=O)O)cc1. The van der Waals surface area contributed by atoms with Crippen molar-refractivity contribution in [3.63, 3.8) is 0 Å². The van der Waals surface area contributed by atoms with Gasteiger partial charge in [0, 0.05) is 13.1 Å². The lowest BCUT2D eigenvalue weighted by atomic mass is 10.2. The van der Waals surface area contributed by atoms with Crippen LogP contribution in [0.4, 0.5) is 4.39 Å². The van der Waals surface area contributed by atoms with Crippen molar-refractivity contribution in [3.05, 3.63) is 59.4 Å². The first-order chi connectivity index (χ1) is 11.3. The van der Waals surface area contributed by atoms with E-state index >= 15 is 0 Å². The first kappa shape index (κ1) is 18.4. The smallest absolute Gasteiger partial charge is 0.294 e. The Labute approximate surface area is 141 Å². The van der Waals surface area contributed by atoms with Gasteiger partial charge in [0.25, 0.3) is 10.1 Å². The maximum atomic E-state index is 13.2. The summed E-state index contributed by atoms with van der Waals surface area (Å²) in [6.07, 6.45) is 0.136. The van der Waals surface area contributed by atoms with Crippen molar-refractivity contribution in [3.8, 4) is 5.75 Å². The second-order valence-corrected chi connectivity index (χ2v) is 7.04. The zero-order chi connectivity index (χ0) is 17.7. The lowest BCUT2D eigenvalue weighted by Gasteiger charge is -2.27. The Morgan fingerprint density at radius 2 is 1.67 bits per heavy atom. The van der Waals surface area contributed by atoms with E-state index in [0.29, 0.717) is 5.75 Å². The first-order valence-electron chi connectivity index (χ1n) is 7.43. The summed E-state index contributed by atoms with van der Waals surface area (Å²) in [5.41, 5.74) is 1.87. The highest BCUT2D eigenvalue weighted by Crippen LogP contribution is 2.19. The third kappa shape index (κ3) is 5.30. The van der Waals surface area contributed by atoms with E-state index < -0.39 is 10.1 Å². The molecular formula is C17H20FNO4S. The molecule has 0 saturated carbocycles. The van der Waals surface area contributed by atoms with E-state index in [4.69, 9.17) is 9.29 Å². The molecule has 0 aromatic heterocycles. The van der Waals surface area contributed by atoms with Crippen LogP contribution in [0, 0.1) is 19.7 Å². The molecule has 0 atom stereocenters. The zero-order valence-corrected chi connectivity index (χ0v) is 14.3. The fourth-order valence-corrected chi connectivity index (χ4v) is 2.42. The highest BCUT2D eigenvalue weighted by Gasteiger charge is 2.19. The van der Waals surface area contributed by atoms with Crippen LogP contribution in [0.3, 0.4) is 0 Å². The van der Waals surface area contributed by atoms with Gasteiger partial charge in [-0.25, -0.2) is 4.39 Å². The number of ether oxygens (including phenoxy) is 1. The predicted molar refractivity (Wildman–Crippen MR) is 89.4 cm³/mol. The molecule has 1 heterocycles. The number of halogens is 1. The van der Waals surface area contributed by atoms with E-state index in [1.807, 2.05) is 19.9 Å². The van der Waals surface area contributed by atoms with Crippen LogP contribution in [0.5, 0.6) is 5.75 Å². The standard InChI is InChI=1S/C10H12FNO.C7H8O3S/c1-7-2-3-10(9(11)4-7)13-8-5-12-6-8;1-6-2-4-7(5-3-6)11(8,9)10/h2-4,8,12H,5-6H2,1H3;2-5H,1H3,(H,8,9,10). The highest BCUT2D eigenvalue weighted by atomic mass is 32.2. The van der Waals surface area contributed by atoms with Gasteiger partial charge in [-0.05, 0) is 43.7 Å². The van der Waals surface area contributed by atoms with E-state index in [1.54, 1.807) is 18.2 Å². The number of hydrogen-bond donors (Lipinski definition) is 2. The fourth-order valence-electron chi connectivity index (χ4n) is 1.94. The van der Waals surface area contributed by atoms with Gasteiger partial charge in [0.2, 0.25) is 0 Å². The Kier molecular flexibility index (Phi) is 5.93. The molecule has 1 saturated heterocycles. The highest BCUT2D eigenvalue weighted by molar-refractivity contribution is 7.85. The van der Waals surface area contributed by atoms with Crippen molar-refractivity contribution in [2.24, 2.45) is 0 Å². The molecule has 0 amide bonds. The van der Waals surface area contributed by atoms with Gasteiger partial charge < -0.3 is 10.1 Å². The van der Waals surface area contributed by atoms with Crippen molar-refractivity contribution in [2.45, 2.75) is 24.8 Å². The van der Waals surface area contributed by atoms with Gasteiger partial charge in [-0.15, -0.1) is 0 Å². The fraction of sp³-hybridized carbons (Fsp3) is 0.294. The lowest BCUT2D eigenvalue weighted by Crippen LogP contribution is -2.50. The molecule has 2 aromatic rings. The summed E-state index contributed by atoms with van der Waals surface area (Å²) >= 11 is 0. The maximum absolute atomic E-state index is 13.2. The number of rotatable bonds is 3. The average molecular weight is 353 g/mol. The zero-order valence-electron chi connectivity index (χ0n) is 13.5. The topological polar surface area (TPSA) is 75.6 Å². The molecule has 24 heavy (non-hydrogen) atoms. The van der Waals surface area contributed by atoms with Crippen LogP contribution in [0.2, 0.25) is 0 Å². The van der Waals surface area contributed by atoms with E-state index in [1.165, 1.54) is 18.2 Å². The minimum absolute atomic E-state index is 0.0666. The summed E-state index contributed by atoms with van der Waals surface area (Å²) in [6, 6.07) is 11.0. The van der Waals surface area contributed by atoms with Crippen molar-refractivity contribution in [2.75, 3.05) is 13.1 Å². The Morgan fingerprint density at radius 3 is 2.12 bits per heavy atom. The largest absolute Gasteiger partial charge is 0.485 e. The van der Waals surface area contributed by atoms with Crippen LogP contribution >= 0.6 is 0 Å². The Morgan fingerprint density at radius 1 is 1.08 bits per heavy atom. The molecule has 2 aromatic carbocycles. The van der Waals surface area contributed by atoms with Gasteiger partial charge in [0.1, 0.15) is 6.10 Å². The van der Waals surface area contributed by atoms with Crippen LogP contribution < -0.4 is 10.1 Å². The number of aryl methyl sites for hydroxylation is 2. The van der Waals surface area contributed by atoms with Crippen molar-refractivity contribution >= 4 is 10.1 Å². The van der Waals surface area contributed by atoms with E-state index in [0.717, 1.165) is 24.2 Å². The summed E-state index contributed by atoms with van der Waals surface area (Å²) in [6.45, 7) is 5.33. The molecule has 0 radical (unpaired) electrons. The average Bonchev–Trinajstić information content (AvgIpc) is 2.45. The molecule has 1 aliphatic heterocycles. The Bertz CT molecular complexity index is 787. The quantitative estimate of drug-likeness (QED) is 0.830. The van der Waals surface area contributed by atoms with Crippen LogP contribution in [-0.2, 0) is 10.1 Å². The predicted octanol–water partition coefficient (Wildman–Crippen LogP) is 2.73. The molecule has 1 aliphatic rings. The molecular weight excluding hydrogens is 333 g/mol. The third-order valence-electron chi connectivity index (χ3n) is 3.44. The van der Waals surface area contributed by atoms with Crippen molar-refractivity contribution < 1.29 is 22.1 Å². The third-order valence-corrected chi connectivity index (χ3v) is 4.31. The molecule has 0 spiro atoms. The summed E-state index contributed by atoms with van der Waals surface area (Å²) in [4.78, 5) is -0.0666. The molecule has 5 nitrogen and oxygen atoms in total. The minimum Gasteiger partial charge on any atom is -0.485 e. The number of nitrogens with one attached hydrogen (secondary N) is 1. The van der Waals surface area contributed by atoms with Gasteiger partial charge in [-0.2, -0.15) is 8.42 Å². The van der Waals surface area contributed by atoms with Crippen LogP contribution in [-0.4, -0.2) is 32.2 Å². The van der Waals surface area contributed by atoms with E-state index in [2.05, 4.69) is 5.32 Å². The van der Waals surface area contributed by atoms with Gasteiger partial charge >= 0.3 is 0 Å². The number of benzene rings is 2. The van der Waals surface area contributed by atoms with Crippen LogP contribution in [0.25, 0.3) is 0 Å². The Balaban J connectivity index is 0.000000177. The minimum atomic E-state index is -4.02. The van der Waals surface area contributed by atoms with Gasteiger partial charge in [0.05, 0.1) is 4.90 Å². The van der Waals surface area contributed by atoms with E-state index in [9.17, 15) is 12.8 Å². The van der Waals surface area contributed by atoms with Gasteiger partial charge in [-0.3, -0.25) is 4.55 Å². The molecule has 0 aliphatic carbocycles. The molecule has 3 rings (SSSR count). The van der Waals surface area contributed by atoms with Crippen molar-refractivity contribution in [1.82, 2.24) is 5.32 Å². The summed E-state index contributed by atoms with van der Waals surface area (Å²) < 4.78 is 48.2. The summed E-state index contributed by atoms with van der Waals surface area (Å²) in [7, 11) is -4.02. The summed E-state index contributed by atoms with van der Waals surface area (Å²) in [5, 5.41) is 3.06. The molecule has 7 heteroatoms.